The number of thioether (sulfide) groups is 1. The maximum atomic E-state index is 12.2. The third-order valence-corrected chi connectivity index (χ3v) is 4.75. The zero-order chi connectivity index (χ0) is 15.1. The van der Waals surface area contributed by atoms with Crippen LogP contribution in [0.4, 0.5) is 10.5 Å². The maximum Gasteiger partial charge on any atom is 0.321 e. The van der Waals surface area contributed by atoms with E-state index in [4.69, 9.17) is 0 Å². The molecule has 1 aromatic rings. The molecule has 0 bridgehead atoms. The van der Waals surface area contributed by atoms with Crippen molar-refractivity contribution >= 4 is 34.3 Å². The van der Waals surface area contributed by atoms with Gasteiger partial charge in [-0.05, 0) is 30.9 Å². The molecule has 20 heavy (non-hydrogen) atoms. The number of hydrogen-bond donors (Lipinski definition) is 1. The van der Waals surface area contributed by atoms with Crippen LogP contribution < -0.4 is 5.32 Å². The van der Waals surface area contributed by atoms with Crippen molar-refractivity contribution in [2.24, 2.45) is 0 Å². The number of nitrogens with one attached hydrogen (secondary N) is 1. The predicted octanol–water partition coefficient (Wildman–Crippen LogP) is 3.03. The van der Waals surface area contributed by atoms with Gasteiger partial charge in [0, 0.05) is 46.5 Å². The van der Waals surface area contributed by atoms with Crippen molar-refractivity contribution in [3.8, 4) is 0 Å². The number of rotatable bonds is 6. The SMILES string of the molecule is CCC(CSC)N(C)C(=O)Nc1cccc(S(C)=O)c1. The summed E-state index contributed by atoms with van der Waals surface area (Å²) in [5.41, 5.74) is 0.675. The zero-order valence-electron chi connectivity index (χ0n) is 12.4. The Labute approximate surface area is 127 Å². The van der Waals surface area contributed by atoms with Crippen LogP contribution in [0.15, 0.2) is 29.2 Å². The van der Waals surface area contributed by atoms with Crippen LogP contribution in [0.1, 0.15) is 13.3 Å². The Kier molecular flexibility index (Phi) is 7.09. The van der Waals surface area contributed by atoms with E-state index in [1.165, 1.54) is 0 Å². The number of hydrogen-bond acceptors (Lipinski definition) is 3. The number of amides is 2. The third-order valence-electron chi connectivity index (χ3n) is 3.12. The van der Waals surface area contributed by atoms with Gasteiger partial charge in [0.25, 0.3) is 0 Å². The molecule has 0 spiro atoms. The van der Waals surface area contributed by atoms with Crippen molar-refractivity contribution in [3.05, 3.63) is 24.3 Å². The van der Waals surface area contributed by atoms with E-state index in [1.54, 1.807) is 47.2 Å². The van der Waals surface area contributed by atoms with E-state index < -0.39 is 10.8 Å². The van der Waals surface area contributed by atoms with Gasteiger partial charge < -0.3 is 10.2 Å². The third kappa shape index (κ3) is 4.83. The molecule has 0 aliphatic carbocycles. The van der Waals surface area contributed by atoms with Gasteiger partial charge in [-0.1, -0.05) is 13.0 Å². The minimum atomic E-state index is -1.05. The second-order valence-corrected chi connectivity index (χ2v) is 6.83. The maximum absolute atomic E-state index is 12.2. The molecule has 1 aromatic carbocycles. The quantitative estimate of drug-likeness (QED) is 0.878. The normalized spacial score (nSPS) is 13.6. The minimum absolute atomic E-state index is 0.134. The molecule has 0 saturated heterocycles. The molecule has 0 aromatic heterocycles. The van der Waals surface area contributed by atoms with Crippen molar-refractivity contribution in [3.63, 3.8) is 0 Å². The van der Waals surface area contributed by atoms with Gasteiger partial charge in [0.05, 0.1) is 0 Å². The number of anilines is 1. The van der Waals surface area contributed by atoms with Crippen LogP contribution in [0, 0.1) is 0 Å². The Morgan fingerprint density at radius 1 is 1.50 bits per heavy atom. The van der Waals surface area contributed by atoms with Crippen molar-refractivity contribution in [1.82, 2.24) is 4.90 Å². The topological polar surface area (TPSA) is 49.4 Å². The zero-order valence-corrected chi connectivity index (χ0v) is 14.0. The summed E-state index contributed by atoms with van der Waals surface area (Å²) in [6, 6.07) is 7.22. The largest absolute Gasteiger partial charge is 0.324 e. The lowest BCUT2D eigenvalue weighted by molar-refractivity contribution is 0.207. The van der Waals surface area contributed by atoms with Gasteiger partial charge >= 0.3 is 6.03 Å². The lowest BCUT2D eigenvalue weighted by Crippen LogP contribution is -2.41. The summed E-state index contributed by atoms with van der Waals surface area (Å²) < 4.78 is 11.4. The van der Waals surface area contributed by atoms with Crippen LogP contribution in [-0.2, 0) is 10.8 Å². The van der Waals surface area contributed by atoms with E-state index in [9.17, 15) is 9.00 Å². The van der Waals surface area contributed by atoms with E-state index in [0.29, 0.717) is 10.6 Å². The standard InChI is InChI=1S/C14H22N2O2S2/c1-5-12(10-19-3)16(2)14(17)15-11-7-6-8-13(9-11)20(4)18/h6-9,12H,5,10H2,1-4H3,(H,15,17). The first-order valence-corrected chi connectivity index (χ1v) is 9.41. The summed E-state index contributed by atoms with van der Waals surface area (Å²) >= 11 is 1.73. The van der Waals surface area contributed by atoms with Crippen molar-refractivity contribution in [2.45, 2.75) is 24.3 Å². The molecular weight excluding hydrogens is 292 g/mol. The minimum Gasteiger partial charge on any atom is -0.324 e. The van der Waals surface area contributed by atoms with Crippen LogP contribution in [0.3, 0.4) is 0 Å². The first-order chi connectivity index (χ1) is 9.49. The Balaban J connectivity index is 2.74. The summed E-state index contributed by atoms with van der Waals surface area (Å²) in [7, 11) is 0.761. The highest BCUT2D eigenvalue weighted by Crippen LogP contribution is 2.15. The van der Waals surface area contributed by atoms with Crippen LogP contribution >= 0.6 is 11.8 Å². The summed E-state index contributed by atoms with van der Waals surface area (Å²) in [5, 5.41) is 2.85. The first kappa shape index (κ1) is 17.0. The van der Waals surface area contributed by atoms with Gasteiger partial charge in [-0.2, -0.15) is 11.8 Å². The molecule has 0 heterocycles. The second-order valence-electron chi connectivity index (χ2n) is 4.54. The van der Waals surface area contributed by atoms with Crippen molar-refractivity contribution < 1.29 is 9.00 Å². The Morgan fingerprint density at radius 2 is 2.20 bits per heavy atom. The van der Waals surface area contributed by atoms with Crippen LogP contribution in [0.2, 0.25) is 0 Å². The highest BCUT2D eigenvalue weighted by molar-refractivity contribution is 7.98. The second kappa shape index (κ2) is 8.32. The summed E-state index contributed by atoms with van der Waals surface area (Å²) in [4.78, 5) is 14.6. The molecule has 1 N–H and O–H groups in total. The van der Waals surface area contributed by atoms with Gasteiger partial charge in [-0.25, -0.2) is 4.79 Å². The highest BCUT2D eigenvalue weighted by atomic mass is 32.2. The van der Waals surface area contributed by atoms with E-state index in [0.717, 1.165) is 12.2 Å². The van der Waals surface area contributed by atoms with Gasteiger partial charge in [0.2, 0.25) is 0 Å². The Bertz CT molecular complexity index is 480. The molecule has 2 atom stereocenters. The van der Waals surface area contributed by atoms with Crippen LogP contribution in [-0.4, -0.2) is 46.5 Å². The lowest BCUT2D eigenvalue weighted by atomic mass is 10.2. The summed E-state index contributed by atoms with van der Waals surface area (Å²) in [5.74, 6) is 0.916. The fourth-order valence-electron chi connectivity index (χ4n) is 1.83. The van der Waals surface area contributed by atoms with Gasteiger partial charge in [0.15, 0.2) is 0 Å². The summed E-state index contributed by atoms with van der Waals surface area (Å²) in [6.07, 6.45) is 4.58. The van der Waals surface area contributed by atoms with Crippen LogP contribution in [0.5, 0.6) is 0 Å². The molecule has 0 fully saturated rings. The average molecular weight is 314 g/mol. The monoisotopic (exact) mass is 314 g/mol. The predicted molar refractivity (Wildman–Crippen MR) is 88.0 cm³/mol. The lowest BCUT2D eigenvalue weighted by Gasteiger charge is -2.27. The van der Waals surface area contributed by atoms with Crippen LogP contribution in [0.25, 0.3) is 0 Å². The number of urea groups is 1. The van der Waals surface area contributed by atoms with E-state index in [-0.39, 0.29) is 12.1 Å². The average Bonchev–Trinajstić information content (AvgIpc) is 2.44. The smallest absolute Gasteiger partial charge is 0.321 e. The van der Waals surface area contributed by atoms with E-state index >= 15 is 0 Å². The van der Waals surface area contributed by atoms with Gasteiger partial charge in [-0.15, -0.1) is 0 Å². The van der Waals surface area contributed by atoms with Gasteiger partial charge in [-0.3, -0.25) is 4.21 Å². The Hall–Kier alpha value is -1.01. The molecule has 0 aliphatic heterocycles. The molecule has 0 radical (unpaired) electrons. The number of nitrogens with zero attached hydrogens (tertiary/aromatic N) is 1. The number of benzene rings is 1. The van der Waals surface area contributed by atoms with E-state index in [1.807, 2.05) is 13.3 Å². The molecule has 112 valence electrons. The summed E-state index contributed by atoms with van der Waals surface area (Å²) in [6.45, 7) is 2.07. The fraction of sp³-hybridized carbons (Fsp3) is 0.500. The molecular formula is C14H22N2O2S2. The molecule has 2 unspecified atom stereocenters. The Morgan fingerprint density at radius 3 is 2.75 bits per heavy atom. The molecule has 6 heteroatoms. The van der Waals surface area contributed by atoms with Crippen molar-refractivity contribution in [1.29, 1.82) is 0 Å². The molecule has 1 rings (SSSR count). The van der Waals surface area contributed by atoms with Gasteiger partial charge in [0.1, 0.15) is 0 Å². The van der Waals surface area contributed by atoms with Crippen molar-refractivity contribution in [2.75, 3.05) is 30.6 Å². The molecule has 2 amide bonds. The number of carbonyl (C=O) groups is 1. The first-order valence-electron chi connectivity index (χ1n) is 6.45. The highest BCUT2D eigenvalue weighted by Gasteiger charge is 2.17. The molecule has 0 aliphatic rings. The number of carbonyl (C=O) groups excluding carboxylic acids is 1. The molecule has 0 saturated carbocycles. The molecule has 4 nitrogen and oxygen atoms in total. The fourth-order valence-corrected chi connectivity index (χ4v) is 3.23. The van der Waals surface area contributed by atoms with E-state index in [2.05, 4.69) is 12.2 Å².